The lowest BCUT2D eigenvalue weighted by molar-refractivity contribution is -0.144. The van der Waals surface area contributed by atoms with E-state index in [-0.39, 0.29) is 0 Å². The van der Waals surface area contributed by atoms with E-state index in [9.17, 15) is 9.90 Å². The fraction of sp³-hybridized carbons (Fsp3) is 0.533. The van der Waals surface area contributed by atoms with Crippen LogP contribution in [0.15, 0.2) is 24.3 Å². The Morgan fingerprint density at radius 1 is 1.44 bits per heavy atom. The first-order valence-electron chi connectivity index (χ1n) is 6.64. The summed E-state index contributed by atoms with van der Waals surface area (Å²) in [6.45, 7) is 6.06. The Morgan fingerprint density at radius 2 is 2.17 bits per heavy atom. The Hall–Kier alpha value is -1.35. The summed E-state index contributed by atoms with van der Waals surface area (Å²) in [7, 11) is 0. The lowest BCUT2D eigenvalue weighted by atomic mass is 9.92. The summed E-state index contributed by atoms with van der Waals surface area (Å²) in [6, 6.07) is 7.46. The van der Waals surface area contributed by atoms with Crippen LogP contribution in [0.1, 0.15) is 37.4 Å². The number of carbonyl (C=O) groups is 1. The zero-order chi connectivity index (χ0) is 13.1. The molecule has 0 spiro atoms. The Labute approximate surface area is 108 Å². The lowest BCUT2D eigenvalue weighted by Gasteiger charge is -2.35. The molecule has 1 aliphatic heterocycles. The number of aliphatic carboxylic acids is 1. The monoisotopic (exact) mass is 247 g/mol. The van der Waals surface area contributed by atoms with E-state index in [4.69, 9.17) is 0 Å². The Balaban J connectivity index is 2.21. The van der Waals surface area contributed by atoms with Crippen LogP contribution in [0.4, 0.5) is 0 Å². The van der Waals surface area contributed by atoms with Crippen molar-refractivity contribution in [2.75, 3.05) is 13.1 Å². The van der Waals surface area contributed by atoms with E-state index < -0.39 is 12.0 Å². The molecule has 0 amide bonds. The van der Waals surface area contributed by atoms with Crippen LogP contribution < -0.4 is 0 Å². The molecular formula is C15H21NO2. The summed E-state index contributed by atoms with van der Waals surface area (Å²) >= 11 is 0. The molecule has 1 unspecified atom stereocenters. The molecule has 1 heterocycles. The highest BCUT2D eigenvalue weighted by molar-refractivity contribution is 5.76. The molecule has 0 bridgehead atoms. The van der Waals surface area contributed by atoms with Crippen LogP contribution >= 0.6 is 0 Å². The smallest absolute Gasteiger partial charge is 0.325 e. The third-order valence-electron chi connectivity index (χ3n) is 3.61. The summed E-state index contributed by atoms with van der Waals surface area (Å²) in [5.74, 6) is -0.123. The summed E-state index contributed by atoms with van der Waals surface area (Å²) in [5.41, 5.74) is 2.16. The number of fused-ring (bicyclic) bond motifs is 1. The molecule has 2 rings (SSSR count). The van der Waals surface area contributed by atoms with Gasteiger partial charge in [0.15, 0.2) is 0 Å². The van der Waals surface area contributed by atoms with Gasteiger partial charge in [0.25, 0.3) is 0 Å². The van der Waals surface area contributed by atoms with Crippen molar-refractivity contribution >= 4 is 5.97 Å². The van der Waals surface area contributed by atoms with Gasteiger partial charge in [-0.1, -0.05) is 38.1 Å². The van der Waals surface area contributed by atoms with Gasteiger partial charge in [-0.2, -0.15) is 0 Å². The first-order chi connectivity index (χ1) is 8.59. The Morgan fingerprint density at radius 3 is 2.83 bits per heavy atom. The first-order valence-corrected chi connectivity index (χ1v) is 6.64. The highest BCUT2D eigenvalue weighted by Crippen LogP contribution is 2.30. The topological polar surface area (TPSA) is 40.5 Å². The van der Waals surface area contributed by atoms with Crippen molar-refractivity contribution in [1.29, 1.82) is 0 Å². The van der Waals surface area contributed by atoms with Crippen molar-refractivity contribution < 1.29 is 9.90 Å². The van der Waals surface area contributed by atoms with Gasteiger partial charge in [-0.25, -0.2) is 0 Å². The van der Waals surface area contributed by atoms with Crippen LogP contribution in [-0.2, 0) is 11.2 Å². The van der Waals surface area contributed by atoms with E-state index in [0.717, 1.165) is 31.5 Å². The van der Waals surface area contributed by atoms with E-state index in [1.54, 1.807) is 0 Å². The molecule has 1 aromatic rings. The zero-order valence-corrected chi connectivity index (χ0v) is 11.1. The van der Waals surface area contributed by atoms with E-state index in [1.807, 2.05) is 24.3 Å². The molecule has 0 aliphatic carbocycles. The van der Waals surface area contributed by atoms with Gasteiger partial charge in [-0.3, -0.25) is 9.69 Å². The predicted octanol–water partition coefficient (Wildman–Crippen LogP) is 2.72. The number of benzene rings is 1. The summed E-state index contributed by atoms with van der Waals surface area (Å²) in [4.78, 5) is 13.6. The number of nitrogens with zero attached hydrogens (tertiary/aromatic N) is 1. The van der Waals surface area contributed by atoms with E-state index in [0.29, 0.717) is 5.92 Å². The largest absolute Gasteiger partial charge is 0.480 e. The van der Waals surface area contributed by atoms with Gasteiger partial charge in [-0.15, -0.1) is 0 Å². The van der Waals surface area contributed by atoms with Gasteiger partial charge in [0.05, 0.1) is 0 Å². The number of hydrogen-bond donors (Lipinski definition) is 1. The van der Waals surface area contributed by atoms with Crippen LogP contribution in [0.2, 0.25) is 0 Å². The van der Waals surface area contributed by atoms with Crippen molar-refractivity contribution in [3.8, 4) is 0 Å². The summed E-state index contributed by atoms with van der Waals surface area (Å²) in [6.07, 6.45) is 2.00. The van der Waals surface area contributed by atoms with Gasteiger partial charge in [0, 0.05) is 6.54 Å². The molecule has 18 heavy (non-hydrogen) atoms. The molecule has 0 radical (unpaired) electrons. The molecular weight excluding hydrogens is 226 g/mol. The minimum absolute atomic E-state index is 0.464. The van der Waals surface area contributed by atoms with E-state index >= 15 is 0 Å². The van der Waals surface area contributed by atoms with Gasteiger partial charge in [-0.05, 0) is 36.4 Å². The molecule has 0 fully saturated rings. The molecule has 1 aliphatic rings. The number of rotatable bonds is 4. The van der Waals surface area contributed by atoms with Crippen LogP contribution in [0, 0.1) is 5.92 Å². The maximum Gasteiger partial charge on any atom is 0.325 e. The van der Waals surface area contributed by atoms with Crippen molar-refractivity contribution in [2.24, 2.45) is 5.92 Å². The average Bonchev–Trinajstić information content (AvgIpc) is 2.35. The average molecular weight is 247 g/mol. The number of hydrogen-bond acceptors (Lipinski definition) is 2. The second-order valence-corrected chi connectivity index (χ2v) is 5.41. The van der Waals surface area contributed by atoms with Gasteiger partial charge < -0.3 is 5.11 Å². The predicted molar refractivity (Wildman–Crippen MR) is 71.6 cm³/mol. The zero-order valence-electron chi connectivity index (χ0n) is 11.1. The molecule has 3 nitrogen and oxygen atoms in total. The molecule has 1 aromatic carbocycles. The van der Waals surface area contributed by atoms with Crippen molar-refractivity contribution in [3.63, 3.8) is 0 Å². The third kappa shape index (κ3) is 2.72. The fourth-order valence-electron chi connectivity index (χ4n) is 2.57. The number of carboxylic acids is 1. The fourth-order valence-corrected chi connectivity index (χ4v) is 2.57. The van der Waals surface area contributed by atoms with Crippen LogP contribution in [0.25, 0.3) is 0 Å². The standard InChI is InChI=1S/C15H21NO2/c1-11(2)7-9-16-10-8-12-5-3-4-6-13(12)14(16)15(17)18/h3-6,11,14H,7-10H2,1-2H3,(H,17,18). The van der Waals surface area contributed by atoms with E-state index in [1.165, 1.54) is 5.56 Å². The first kappa shape index (κ1) is 13.1. The maximum absolute atomic E-state index is 11.5. The minimum Gasteiger partial charge on any atom is -0.480 e. The molecule has 1 N–H and O–H groups in total. The van der Waals surface area contributed by atoms with Crippen molar-refractivity contribution in [2.45, 2.75) is 32.7 Å². The maximum atomic E-state index is 11.5. The Bertz CT molecular complexity index is 428. The summed E-state index contributed by atoms with van der Waals surface area (Å²) in [5, 5.41) is 9.48. The summed E-state index contributed by atoms with van der Waals surface area (Å²) < 4.78 is 0. The molecule has 1 atom stereocenters. The van der Waals surface area contributed by atoms with Crippen LogP contribution in [0.3, 0.4) is 0 Å². The highest BCUT2D eigenvalue weighted by atomic mass is 16.4. The van der Waals surface area contributed by atoms with E-state index in [2.05, 4.69) is 18.7 Å². The normalized spacial score (nSPS) is 19.8. The molecule has 3 heteroatoms. The van der Waals surface area contributed by atoms with Gasteiger partial charge >= 0.3 is 5.97 Å². The lowest BCUT2D eigenvalue weighted by Crippen LogP contribution is -2.40. The van der Waals surface area contributed by atoms with Crippen LogP contribution in [0.5, 0.6) is 0 Å². The quantitative estimate of drug-likeness (QED) is 0.889. The second kappa shape index (κ2) is 5.53. The number of carboxylic acid groups (broad SMARTS) is 1. The van der Waals surface area contributed by atoms with Gasteiger partial charge in [0.2, 0.25) is 0 Å². The minimum atomic E-state index is -0.731. The molecule has 0 aromatic heterocycles. The Kier molecular flexibility index (Phi) is 4.02. The molecule has 0 saturated heterocycles. The third-order valence-corrected chi connectivity index (χ3v) is 3.61. The molecule has 98 valence electrons. The highest BCUT2D eigenvalue weighted by Gasteiger charge is 2.32. The second-order valence-electron chi connectivity index (χ2n) is 5.41. The van der Waals surface area contributed by atoms with Gasteiger partial charge in [0.1, 0.15) is 6.04 Å². The van der Waals surface area contributed by atoms with Crippen LogP contribution in [-0.4, -0.2) is 29.1 Å². The van der Waals surface area contributed by atoms with Crippen molar-refractivity contribution in [3.05, 3.63) is 35.4 Å². The molecule has 0 saturated carbocycles. The van der Waals surface area contributed by atoms with Crippen molar-refractivity contribution in [1.82, 2.24) is 4.90 Å². The SMILES string of the molecule is CC(C)CCN1CCc2ccccc2C1C(=O)O.